The molecule has 0 saturated carbocycles. The molecule has 0 unspecified atom stereocenters. The molecule has 0 atom stereocenters. The number of rotatable bonds is 5. The summed E-state index contributed by atoms with van der Waals surface area (Å²) in [5.41, 5.74) is -2.56. The summed E-state index contributed by atoms with van der Waals surface area (Å²) in [4.78, 5) is 6.02. The van der Waals surface area contributed by atoms with Gasteiger partial charge >= 0.3 is 6.18 Å². The van der Waals surface area contributed by atoms with Crippen molar-refractivity contribution in [2.75, 3.05) is 13.1 Å². The van der Waals surface area contributed by atoms with Crippen molar-refractivity contribution in [1.82, 2.24) is 15.0 Å². The lowest BCUT2D eigenvalue weighted by atomic mass is 9.91. The van der Waals surface area contributed by atoms with Crippen LogP contribution in [0.1, 0.15) is 44.3 Å². The summed E-state index contributed by atoms with van der Waals surface area (Å²) < 4.78 is 43.2. The van der Waals surface area contributed by atoms with E-state index in [0.29, 0.717) is 18.3 Å². The van der Waals surface area contributed by atoms with Crippen LogP contribution in [0.2, 0.25) is 0 Å². The SMILES string of the molecule is CCCCc1nc(CN2CCC(O)(C(F)(F)F)CC2)no1. The van der Waals surface area contributed by atoms with Crippen molar-refractivity contribution >= 4 is 0 Å². The largest absolute Gasteiger partial charge is 0.417 e. The van der Waals surface area contributed by atoms with E-state index in [1.807, 2.05) is 0 Å². The molecular formula is C13H20F3N3O2. The fourth-order valence-corrected chi connectivity index (χ4v) is 2.35. The topological polar surface area (TPSA) is 62.4 Å². The maximum Gasteiger partial charge on any atom is 0.417 e. The van der Waals surface area contributed by atoms with E-state index in [9.17, 15) is 18.3 Å². The predicted molar refractivity (Wildman–Crippen MR) is 68.4 cm³/mol. The van der Waals surface area contributed by atoms with E-state index in [-0.39, 0.29) is 25.9 Å². The van der Waals surface area contributed by atoms with Gasteiger partial charge in [0.15, 0.2) is 11.4 Å². The van der Waals surface area contributed by atoms with Crippen molar-refractivity contribution < 1.29 is 22.8 Å². The molecule has 0 radical (unpaired) electrons. The molecule has 1 aromatic heterocycles. The van der Waals surface area contributed by atoms with Gasteiger partial charge in [-0.05, 0) is 19.3 Å². The van der Waals surface area contributed by atoms with Gasteiger partial charge in [0, 0.05) is 19.5 Å². The van der Waals surface area contributed by atoms with Gasteiger partial charge < -0.3 is 9.63 Å². The summed E-state index contributed by atoms with van der Waals surface area (Å²) in [6.45, 7) is 2.74. The highest BCUT2D eigenvalue weighted by atomic mass is 19.4. The van der Waals surface area contributed by atoms with Gasteiger partial charge in [0.1, 0.15) is 0 Å². The van der Waals surface area contributed by atoms with Crippen LogP contribution in [0.3, 0.4) is 0 Å². The standard InChI is InChI=1S/C13H20F3N3O2/c1-2-3-4-11-17-10(18-21-11)9-19-7-5-12(20,6-8-19)13(14,15)16/h20H,2-9H2,1H3. The second-order valence-electron chi connectivity index (χ2n) is 5.51. The minimum absolute atomic E-state index is 0.162. The molecule has 1 fully saturated rings. The van der Waals surface area contributed by atoms with E-state index >= 15 is 0 Å². The molecule has 120 valence electrons. The lowest BCUT2D eigenvalue weighted by molar-refractivity contribution is -0.272. The molecule has 0 amide bonds. The van der Waals surface area contributed by atoms with Gasteiger partial charge in [0.25, 0.3) is 0 Å². The van der Waals surface area contributed by atoms with Crippen LogP contribution in [0.5, 0.6) is 0 Å². The summed E-state index contributed by atoms with van der Waals surface area (Å²) in [5, 5.41) is 13.4. The van der Waals surface area contributed by atoms with Crippen LogP contribution in [0, 0.1) is 0 Å². The maximum atomic E-state index is 12.7. The predicted octanol–water partition coefficient (Wildman–Crippen LogP) is 2.30. The quantitative estimate of drug-likeness (QED) is 0.904. The number of alkyl halides is 3. The van der Waals surface area contributed by atoms with Crippen LogP contribution in [0.4, 0.5) is 13.2 Å². The average molecular weight is 307 g/mol. The Balaban J connectivity index is 1.85. The summed E-state index contributed by atoms with van der Waals surface area (Å²) in [7, 11) is 0. The van der Waals surface area contributed by atoms with E-state index in [4.69, 9.17) is 4.52 Å². The molecule has 1 N–H and O–H groups in total. The van der Waals surface area contributed by atoms with Crippen LogP contribution in [-0.2, 0) is 13.0 Å². The molecule has 0 aromatic carbocycles. The normalized spacial score (nSPS) is 19.9. The number of piperidine rings is 1. The second-order valence-corrected chi connectivity index (χ2v) is 5.51. The fourth-order valence-electron chi connectivity index (χ4n) is 2.35. The molecule has 2 rings (SSSR count). The Morgan fingerprint density at radius 1 is 1.33 bits per heavy atom. The van der Waals surface area contributed by atoms with Crippen LogP contribution in [-0.4, -0.2) is 45.0 Å². The summed E-state index contributed by atoms with van der Waals surface area (Å²) in [5.74, 6) is 1.05. The van der Waals surface area contributed by atoms with Crippen LogP contribution in [0.25, 0.3) is 0 Å². The van der Waals surface area contributed by atoms with Crippen LogP contribution < -0.4 is 0 Å². The van der Waals surface area contributed by atoms with Crippen molar-refractivity contribution in [3.8, 4) is 0 Å². The Morgan fingerprint density at radius 2 is 2.00 bits per heavy atom. The lowest BCUT2D eigenvalue weighted by Crippen LogP contribution is -2.53. The number of aryl methyl sites for hydroxylation is 1. The number of likely N-dealkylation sites (tertiary alicyclic amines) is 1. The van der Waals surface area contributed by atoms with E-state index in [0.717, 1.165) is 19.3 Å². The Hall–Kier alpha value is -1.15. The first kappa shape index (κ1) is 16.2. The van der Waals surface area contributed by atoms with Gasteiger partial charge in [-0.2, -0.15) is 18.2 Å². The molecule has 1 aliphatic rings. The van der Waals surface area contributed by atoms with E-state index in [2.05, 4.69) is 17.1 Å². The number of halogens is 3. The third-order valence-electron chi connectivity index (χ3n) is 3.83. The monoisotopic (exact) mass is 307 g/mol. The van der Waals surface area contributed by atoms with E-state index < -0.39 is 11.8 Å². The fraction of sp³-hybridized carbons (Fsp3) is 0.846. The smallest absolute Gasteiger partial charge is 0.380 e. The Labute approximate surface area is 121 Å². The first-order valence-corrected chi connectivity index (χ1v) is 7.17. The molecule has 2 heterocycles. The minimum atomic E-state index is -4.57. The van der Waals surface area contributed by atoms with E-state index in [1.165, 1.54) is 0 Å². The highest BCUT2D eigenvalue weighted by Gasteiger charge is 2.54. The van der Waals surface area contributed by atoms with Gasteiger partial charge in [0.05, 0.1) is 6.54 Å². The van der Waals surface area contributed by atoms with Crippen molar-refractivity contribution in [2.45, 2.75) is 57.3 Å². The molecule has 0 spiro atoms. The van der Waals surface area contributed by atoms with Gasteiger partial charge in [0.2, 0.25) is 5.89 Å². The third-order valence-corrected chi connectivity index (χ3v) is 3.83. The minimum Gasteiger partial charge on any atom is -0.380 e. The van der Waals surface area contributed by atoms with Crippen molar-refractivity contribution in [1.29, 1.82) is 0 Å². The molecular weight excluding hydrogens is 287 g/mol. The molecule has 8 heteroatoms. The summed E-state index contributed by atoms with van der Waals surface area (Å²) in [6.07, 6.45) is -2.51. The van der Waals surface area contributed by atoms with Gasteiger partial charge in [-0.3, -0.25) is 4.90 Å². The van der Waals surface area contributed by atoms with Crippen molar-refractivity contribution in [3.63, 3.8) is 0 Å². The molecule has 5 nitrogen and oxygen atoms in total. The number of aliphatic hydroxyl groups is 1. The maximum absolute atomic E-state index is 12.7. The van der Waals surface area contributed by atoms with E-state index in [1.54, 1.807) is 4.90 Å². The number of nitrogens with zero attached hydrogens (tertiary/aromatic N) is 3. The van der Waals surface area contributed by atoms with Gasteiger partial charge in [-0.1, -0.05) is 18.5 Å². The zero-order valence-electron chi connectivity index (χ0n) is 12.0. The molecule has 0 aliphatic carbocycles. The lowest BCUT2D eigenvalue weighted by Gasteiger charge is -2.38. The first-order valence-electron chi connectivity index (χ1n) is 7.17. The van der Waals surface area contributed by atoms with Crippen LogP contribution >= 0.6 is 0 Å². The average Bonchev–Trinajstić information content (AvgIpc) is 2.85. The first-order chi connectivity index (χ1) is 9.84. The second kappa shape index (κ2) is 6.31. The summed E-state index contributed by atoms with van der Waals surface area (Å²) >= 11 is 0. The molecule has 1 aliphatic heterocycles. The Bertz CT molecular complexity index is 454. The molecule has 1 saturated heterocycles. The Kier molecular flexibility index (Phi) is 4.88. The van der Waals surface area contributed by atoms with Gasteiger partial charge in [-0.25, -0.2) is 0 Å². The number of aromatic nitrogens is 2. The van der Waals surface area contributed by atoms with Crippen molar-refractivity contribution in [3.05, 3.63) is 11.7 Å². The molecule has 0 bridgehead atoms. The van der Waals surface area contributed by atoms with Crippen molar-refractivity contribution in [2.24, 2.45) is 0 Å². The number of hydrogen-bond acceptors (Lipinski definition) is 5. The molecule has 1 aromatic rings. The third kappa shape index (κ3) is 3.94. The zero-order valence-corrected chi connectivity index (χ0v) is 12.0. The highest BCUT2D eigenvalue weighted by molar-refractivity contribution is 4.94. The van der Waals surface area contributed by atoms with Crippen LogP contribution in [0.15, 0.2) is 4.52 Å². The molecule has 21 heavy (non-hydrogen) atoms. The summed E-state index contributed by atoms with van der Waals surface area (Å²) in [6, 6.07) is 0. The number of hydrogen-bond donors (Lipinski definition) is 1. The Morgan fingerprint density at radius 3 is 2.57 bits per heavy atom. The highest BCUT2D eigenvalue weighted by Crippen LogP contribution is 2.38. The zero-order chi connectivity index (χ0) is 15.5. The number of unbranched alkanes of at least 4 members (excludes halogenated alkanes) is 1. The van der Waals surface area contributed by atoms with Gasteiger partial charge in [-0.15, -0.1) is 0 Å².